The Balaban J connectivity index is 1.48. The van der Waals surface area contributed by atoms with Gasteiger partial charge in [-0.3, -0.25) is 14.4 Å². The van der Waals surface area contributed by atoms with Gasteiger partial charge in [-0.25, -0.2) is 0 Å². The van der Waals surface area contributed by atoms with E-state index in [0.717, 1.165) is 27.6 Å². The minimum atomic E-state index is -0.532. The molecule has 0 spiro atoms. The van der Waals surface area contributed by atoms with E-state index in [2.05, 4.69) is 5.32 Å². The first-order valence-corrected chi connectivity index (χ1v) is 12.4. The molecule has 1 unspecified atom stereocenters. The fourth-order valence-corrected chi connectivity index (χ4v) is 4.83. The van der Waals surface area contributed by atoms with Crippen molar-refractivity contribution in [1.82, 2.24) is 10.2 Å². The second-order valence-electron chi connectivity index (χ2n) is 9.07. The van der Waals surface area contributed by atoms with Gasteiger partial charge in [0.2, 0.25) is 11.8 Å². The second kappa shape index (κ2) is 10.7. The summed E-state index contributed by atoms with van der Waals surface area (Å²) in [5.41, 5.74) is 3.76. The molecule has 3 aromatic rings. The molecule has 3 aromatic carbocycles. The molecule has 4 rings (SSSR count). The van der Waals surface area contributed by atoms with Crippen LogP contribution in [0.5, 0.6) is 0 Å². The lowest BCUT2D eigenvalue weighted by molar-refractivity contribution is -0.141. The summed E-state index contributed by atoms with van der Waals surface area (Å²) in [6.45, 7) is 7.18. The number of amides is 3. The van der Waals surface area contributed by atoms with Gasteiger partial charge >= 0.3 is 0 Å². The predicted octanol–water partition coefficient (Wildman–Crippen LogP) is 4.83. The molecule has 0 fully saturated rings. The molecular weight excluding hydrogens is 438 g/mol. The van der Waals surface area contributed by atoms with Gasteiger partial charge in [0.15, 0.2) is 0 Å². The Morgan fingerprint density at radius 3 is 2.40 bits per heavy atom. The Bertz CT molecular complexity index is 1230. The van der Waals surface area contributed by atoms with Crippen LogP contribution in [0.2, 0.25) is 0 Å². The molecule has 1 aliphatic rings. The van der Waals surface area contributed by atoms with E-state index < -0.39 is 6.04 Å². The average Bonchev–Trinajstić information content (AvgIpc) is 3.13. The minimum Gasteiger partial charge on any atom is -0.355 e. The molecule has 0 aliphatic carbocycles. The van der Waals surface area contributed by atoms with E-state index in [1.807, 2.05) is 81.4 Å². The summed E-state index contributed by atoms with van der Waals surface area (Å²) in [6.07, 6.45) is 1.31. The molecule has 1 aliphatic heterocycles. The quantitative estimate of drug-likeness (QED) is 0.460. The monoisotopic (exact) mass is 471 g/mol. The smallest absolute Gasteiger partial charge is 0.258 e. The first kappa shape index (κ1) is 24.5. The minimum absolute atomic E-state index is 0.0190. The molecule has 182 valence electrons. The fourth-order valence-electron chi connectivity index (χ4n) is 4.83. The fraction of sp³-hybridized carbons (Fsp3) is 0.345. The molecule has 6 heteroatoms. The van der Waals surface area contributed by atoms with Crippen molar-refractivity contribution in [2.24, 2.45) is 0 Å². The van der Waals surface area contributed by atoms with Crippen molar-refractivity contribution in [2.45, 2.75) is 52.6 Å². The number of rotatable bonds is 10. The maximum absolute atomic E-state index is 13.4. The molecule has 3 amide bonds. The Labute approximate surface area is 206 Å². The number of nitrogens with one attached hydrogen (secondary N) is 1. The van der Waals surface area contributed by atoms with Gasteiger partial charge in [-0.2, -0.15) is 0 Å². The van der Waals surface area contributed by atoms with Crippen LogP contribution < -0.4 is 10.2 Å². The summed E-state index contributed by atoms with van der Waals surface area (Å²) in [5, 5.41) is 4.90. The summed E-state index contributed by atoms with van der Waals surface area (Å²) in [7, 11) is 0. The van der Waals surface area contributed by atoms with E-state index in [1.54, 1.807) is 9.80 Å². The van der Waals surface area contributed by atoms with Crippen LogP contribution in [0.4, 0.5) is 5.69 Å². The first-order valence-electron chi connectivity index (χ1n) is 12.4. The zero-order valence-corrected chi connectivity index (χ0v) is 20.7. The van der Waals surface area contributed by atoms with Gasteiger partial charge in [-0.15, -0.1) is 0 Å². The van der Waals surface area contributed by atoms with E-state index in [4.69, 9.17) is 0 Å². The number of hydrogen-bond acceptors (Lipinski definition) is 3. The van der Waals surface area contributed by atoms with Gasteiger partial charge in [-0.1, -0.05) is 61.0 Å². The number of benzene rings is 3. The number of carbonyl (C=O) groups excluding carboxylic acids is 3. The molecule has 1 heterocycles. The van der Waals surface area contributed by atoms with Gasteiger partial charge in [0.1, 0.15) is 6.04 Å². The van der Waals surface area contributed by atoms with E-state index in [0.29, 0.717) is 38.0 Å². The summed E-state index contributed by atoms with van der Waals surface area (Å²) in [5.74, 6) is -0.229. The highest BCUT2D eigenvalue weighted by Gasteiger charge is 2.31. The van der Waals surface area contributed by atoms with E-state index in [9.17, 15) is 14.4 Å². The van der Waals surface area contributed by atoms with E-state index in [-0.39, 0.29) is 24.1 Å². The Kier molecular flexibility index (Phi) is 7.49. The molecule has 35 heavy (non-hydrogen) atoms. The van der Waals surface area contributed by atoms with Gasteiger partial charge in [-0.05, 0) is 49.8 Å². The van der Waals surface area contributed by atoms with Gasteiger partial charge < -0.3 is 15.1 Å². The SMILES string of the molecule is CCNC(=O)C(CC)N(Cc1ccc(C)cc1)C(=O)CCCN1C(=O)c2cccc3cccc1c23. The Morgan fingerprint density at radius 1 is 1.00 bits per heavy atom. The maximum Gasteiger partial charge on any atom is 0.258 e. The van der Waals surface area contributed by atoms with Crippen molar-refractivity contribution in [1.29, 1.82) is 0 Å². The van der Waals surface area contributed by atoms with E-state index >= 15 is 0 Å². The number of hydrogen-bond donors (Lipinski definition) is 1. The topological polar surface area (TPSA) is 69.7 Å². The molecule has 0 radical (unpaired) electrons. The van der Waals surface area contributed by atoms with Crippen molar-refractivity contribution >= 4 is 34.2 Å². The number of nitrogens with zero attached hydrogens (tertiary/aromatic N) is 2. The molecular formula is C29H33N3O3. The molecule has 0 aromatic heterocycles. The second-order valence-corrected chi connectivity index (χ2v) is 9.07. The molecule has 6 nitrogen and oxygen atoms in total. The normalized spacial score (nSPS) is 13.2. The van der Waals surface area contributed by atoms with Crippen LogP contribution >= 0.6 is 0 Å². The lowest BCUT2D eigenvalue weighted by Gasteiger charge is -2.31. The van der Waals surface area contributed by atoms with Crippen LogP contribution in [0.3, 0.4) is 0 Å². The third-order valence-electron chi connectivity index (χ3n) is 6.63. The van der Waals surface area contributed by atoms with E-state index in [1.165, 1.54) is 0 Å². The van der Waals surface area contributed by atoms with Crippen LogP contribution in [0.25, 0.3) is 10.8 Å². The van der Waals surface area contributed by atoms with Crippen LogP contribution in [-0.2, 0) is 16.1 Å². The average molecular weight is 472 g/mol. The van der Waals surface area contributed by atoms with Gasteiger partial charge in [0.25, 0.3) is 5.91 Å². The zero-order chi connectivity index (χ0) is 24.9. The lowest BCUT2D eigenvalue weighted by Crippen LogP contribution is -2.49. The van der Waals surface area contributed by atoms with Crippen LogP contribution in [0, 0.1) is 6.92 Å². The summed E-state index contributed by atoms with van der Waals surface area (Å²) in [6, 6.07) is 19.2. The van der Waals surface area contributed by atoms with Crippen LogP contribution in [0.15, 0.2) is 60.7 Å². The summed E-state index contributed by atoms with van der Waals surface area (Å²) >= 11 is 0. The number of aryl methyl sites for hydroxylation is 1. The van der Waals surface area contributed by atoms with Gasteiger partial charge in [0.05, 0.1) is 5.69 Å². The van der Waals surface area contributed by atoms with Crippen molar-refractivity contribution in [3.8, 4) is 0 Å². The number of anilines is 1. The van der Waals surface area contributed by atoms with Crippen molar-refractivity contribution < 1.29 is 14.4 Å². The Morgan fingerprint density at radius 2 is 1.71 bits per heavy atom. The highest BCUT2D eigenvalue weighted by atomic mass is 16.2. The molecule has 0 saturated heterocycles. The molecule has 1 atom stereocenters. The molecule has 0 saturated carbocycles. The van der Waals surface area contributed by atoms with Crippen LogP contribution in [-0.4, -0.2) is 41.8 Å². The zero-order valence-electron chi connectivity index (χ0n) is 20.7. The maximum atomic E-state index is 13.4. The van der Waals surface area contributed by atoms with Crippen molar-refractivity contribution in [3.05, 3.63) is 77.4 Å². The lowest BCUT2D eigenvalue weighted by atomic mass is 10.1. The summed E-state index contributed by atoms with van der Waals surface area (Å²) < 4.78 is 0. The largest absolute Gasteiger partial charge is 0.355 e. The third-order valence-corrected chi connectivity index (χ3v) is 6.63. The molecule has 1 N–H and O–H groups in total. The van der Waals surface area contributed by atoms with Gasteiger partial charge in [0, 0.05) is 37.0 Å². The summed E-state index contributed by atoms with van der Waals surface area (Å²) in [4.78, 5) is 42.7. The van der Waals surface area contributed by atoms with Crippen LogP contribution in [0.1, 0.15) is 54.6 Å². The first-order chi connectivity index (χ1) is 16.9. The highest BCUT2D eigenvalue weighted by molar-refractivity contribution is 6.25. The molecule has 0 bridgehead atoms. The number of carbonyl (C=O) groups is 3. The third kappa shape index (κ3) is 5.06. The standard InChI is InChI=1S/C29H33N3O3/c1-4-24(28(34)30-5-2)32(19-21-16-14-20(3)15-17-21)26(33)13-8-18-31-25-12-7-10-22-9-6-11-23(27(22)25)29(31)35/h6-7,9-12,14-17,24H,4-5,8,13,18-19H2,1-3H3,(H,30,34). The highest BCUT2D eigenvalue weighted by Crippen LogP contribution is 2.37. The number of likely N-dealkylation sites (N-methyl/N-ethyl adjacent to an activating group) is 1. The van der Waals surface area contributed by atoms with Crippen molar-refractivity contribution in [3.63, 3.8) is 0 Å². The Hall–Kier alpha value is -3.67. The predicted molar refractivity (Wildman–Crippen MR) is 139 cm³/mol. The van der Waals surface area contributed by atoms with Crippen molar-refractivity contribution in [2.75, 3.05) is 18.0 Å².